The maximum Gasteiger partial charge on any atom is 0.166 e. The van der Waals surface area contributed by atoms with Crippen molar-refractivity contribution >= 4 is 12.4 Å². The molecule has 0 fully saturated rings. The van der Waals surface area contributed by atoms with Crippen molar-refractivity contribution in [2.45, 2.75) is 33.9 Å². The summed E-state index contributed by atoms with van der Waals surface area (Å²) >= 11 is 0. The molecule has 2 N–H and O–H groups in total. The zero-order chi connectivity index (χ0) is 13.8. The highest BCUT2D eigenvalue weighted by Gasteiger charge is 2.07. The molecule has 4 nitrogen and oxygen atoms in total. The number of aryl methyl sites for hydroxylation is 3. The monoisotopic (exact) mass is 293 g/mol. The number of halogens is 1. The minimum Gasteiger partial charge on any atom is -0.486 e. The molecule has 0 aliphatic heterocycles. The van der Waals surface area contributed by atoms with Gasteiger partial charge in [-0.3, -0.25) is 0 Å². The van der Waals surface area contributed by atoms with Gasteiger partial charge in [0.1, 0.15) is 12.4 Å². The molecule has 0 spiro atoms. The molecule has 0 aliphatic rings. The summed E-state index contributed by atoms with van der Waals surface area (Å²) in [5, 5.41) is 0. The van der Waals surface area contributed by atoms with Crippen LogP contribution in [0, 0.1) is 20.8 Å². The van der Waals surface area contributed by atoms with Crippen LogP contribution in [0.15, 0.2) is 24.3 Å². The lowest BCUT2D eigenvalue weighted by atomic mass is 10.2. The second-order valence-corrected chi connectivity index (χ2v) is 4.60. The van der Waals surface area contributed by atoms with Crippen LogP contribution in [0.25, 0.3) is 0 Å². The molecule has 1 heterocycles. The second kappa shape index (κ2) is 7.22. The molecule has 0 bridgehead atoms. The standard InChI is InChI=1S/C15H19N3O.ClH/c1-10-4-6-13(7-5-10)19-9-15-17-11(2)14(8-16)12(3)18-15;/h4-7H,8-9,16H2,1-3H3;1H. The van der Waals surface area contributed by atoms with E-state index in [9.17, 15) is 0 Å². The minimum atomic E-state index is 0. The molecule has 20 heavy (non-hydrogen) atoms. The normalized spacial score (nSPS) is 10.0. The zero-order valence-corrected chi connectivity index (χ0v) is 12.8. The van der Waals surface area contributed by atoms with Gasteiger partial charge in [0.05, 0.1) is 0 Å². The SMILES string of the molecule is Cc1ccc(OCc2nc(C)c(CN)c(C)n2)cc1.Cl. The number of hydrogen-bond donors (Lipinski definition) is 1. The summed E-state index contributed by atoms with van der Waals surface area (Å²) in [6.45, 7) is 6.79. The Bertz CT molecular complexity index is 547. The van der Waals surface area contributed by atoms with Crippen molar-refractivity contribution in [1.29, 1.82) is 0 Å². The molecule has 5 heteroatoms. The first-order chi connectivity index (χ1) is 9.10. The summed E-state index contributed by atoms with van der Waals surface area (Å²) in [5.74, 6) is 1.51. The lowest BCUT2D eigenvalue weighted by Crippen LogP contribution is -2.10. The number of benzene rings is 1. The van der Waals surface area contributed by atoms with E-state index in [1.54, 1.807) is 0 Å². The van der Waals surface area contributed by atoms with Crippen LogP contribution in [-0.2, 0) is 13.2 Å². The van der Waals surface area contributed by atoms with Crippen LogP contribution in [0.4, 0.5) is 0 Å². The van der Waals surface area contributed by atoms with Crippen molar-refractivity contribution in [3.63, 3.8) is 0 Å². The second-order valence-electron chi connectivity index (χ2n) is 4.60. The summed E-state index contributed by atoms with van der Waals surface area (Å²) in [4.78, 5) is 8.84. The summed E-state index contributed by atoms with van der Waals surface area (Å²) < 4.78 is 5.67. The Morgan fingerprint density at radius 2 is 1.55 bits per heavy atom. The molecule has 0 aliphatic carbocycles. The first-order valence-corrected chi connectivity index (χ1v) is 6.32. The molecule has 0 radical (unpaired) electrons. The molecule has 1 aromatic heterocycles. The van der Waals surface area contributed by atoms with Crippen LogP contribution >= 0.6 is 12.4 Å². The molecule has 2 aromatic rings. The van der Waals surface area contributed by atoms with Crippen LogP contribution in [-0.4, -0.2) is 9.97 Å². The van der Waals surface area contributed by atoms with Crippen LogP contribution in [0.2, 0.25) is 0 Å². The molecule has 0 unspecified atom stereocenters. The van der Waals surface area contributed by atoms with E-state index in [4.69, 9.17) is 10.5 Å². The van der Waals surface area contributed by atoms with E-state index in [1.807, 2.05) is 45.0 Å². The van der Waals surface area contributed by atoms with Gasteiger partial charge in [-0.1, -0.05) is 17.7 Å². The topological polar surface area (TPSA) is 61.0 Å². The number of nitrogens with two attached hydrogens (primary N) is 1. The molecule has 0 atom stereocenters. The van der Waals surface area contributed by atoms with E-state index in [0.717, 1.165) is 22.7 Å². The fourth-order valence-electron chi connectivity index (χ4n) is 1.95. The Morgan fingerprint density at radius 1 is 1.00 bits per heavy atom. The molecule has 1 aromatic carbocycles. The summed E-state index contributed by atoms with van der Waals surface area (Å²) in [5.41, 5.74) is 9.75. The van der Waals surface area contributed by atoms with E-state index >= 15 is 0 Å². The van der Waals surface area contributed by atoms with Gasteiger partial charge < -0.3 is 10.5 Å². The zero-order valence-electron chi connectivity index (χ0n) is 12.0. The Hall–Kier alpha value is -1.65. The molecule has 0 amide bonds. The van der Waals surface area contributed by atoms with E-state index < -0.39 is 0 Å². The van der Waals surface area contributed by atoms with Crippen molar-refractivity contribution in [1.82, 2.24) is 9.97 Å². The van der Waals surface area contributed by atoms with Gasteiger partial charge in [0.25, 0.3) is 0 Å². The van der Waals surface area contributed by atoms with E-state index in [-0.39, 0.29) is 12.4 Å². The molecule has 0 saturated carbocycles. The van der Waals surface area contributed by atoms with Crippen LogP contribution in [0.5, 0.6) is 5.75 Å². The molecular weight excluding hydrogens is 274 g/mol. The highest BCUT2D eigenvalue weighted by Crippen LogP contribution is 2.14. The highest BCUT2D eigenvalue weighted by atomic mass is 35.5. The van der Waals surface area contributed by atoms with Gasteiger partial charge in [-0.15, -0.1) is 12.4 Å². The predicted molar refractivity (Wildman–Crippen MR) is 82.2 cm³/mol. The third-order valence-electron chi connectivity index (χ3n) is 3.06. The maximum absolute atomic E-state index is 5.67. The summed E-state index contributed by atoms with van der Waals surface area (Å²) in [6, 6.07) is 7.93. The van der Waals surface area contributed by atoms with Gasteiger partial charge in [-0.25, -0.2) is 9.97 Å². The average molecular weight is 294 g/mol. The van der Waals surface area contributed by atoms with Crippen LogP contribution < -0.4 is 10.5 Å². The number of nitrogens with zero attached hydrogens (tertiary/aromatic N) is 2. The first kappa shape index (κ1) is 16.4. The van der Waals surface area contributed by atoms with Gasteiger partial charge in [-0.05, 0) is 32.9 Å². The number of ether oxygens (including phenoxy) is 1. The van der Waals surface area contributed by atoms with Crippen LogP contribution in [0.3, 0.4) is 0 Å². The number of aromatic nitrogens is 2. The molecule has 2 rings (SSSR count). The van der Waals surface area contributed by atoms with Gasteiger partial charge in [0.2, 0.25) is 0 Å². The minimum absolute atomic E-state index is 0. The fraction of sp³-hybridized carbons (Fsp3) is 0.333. The van der Waals surface area contributed by atoms with E-state index in [0.29, 0.717) is 19.0 Å². The first-order valence-electron chi connectivity index (χ1n) is 6.32. The van der Waals surface area contributed by atoms with Gasteiger partial charge in [0, 0.05) is 23.5 Å². The number of hydrogen-bond acceptors (Lipinski definition) is 4. The summed E-state index contributed by atoms with van der Waals surface area (Å²) in [7, 11) is 0. The fourth-order valence-corrected chi connectivity index (χ4v) is 1.95. The van der Waals surface area contributed by atoms with Crippen molar-refractivity contribution in [3.05, 3.63) is 52.6 Å². The van der Waals surface area contributed by atoms with Crippen molar-refractivity contribution in [2.75, 3.05) is 0 Å². The third kappa shape index (κ3) is 3.92. The Kier molecular flexibility index (Phi) is 5.92. The predicted octanol–water partition coefficient (Wildman–Crippen LogP) is 2.86. The smallest absolute Gasteiger partial charge is 0.166 e. The maximum atomic E-state index is 5.67. The lowest BCUT2D eigenvalue weighted by molar-refractivity contribution is 0.295. The quantitative estimate of drug-likeness (QED) is 0.941. The van der Waals surface area contributed by atoms with Crippen molar-refractivity contribution in [2.24, 2.45) is 5.73 Å². The van der Waals surface area contributed by atoms with E-state index in [1.165, 1.54) is 5.56 Å². The highest BCUT2D eigenvalue weighted by molar-refractivity contribution is 5.85. The largest absolute Gasteiger partial charge is 0.486 e. The molecule has 0 saturated heterocycles. The van der Waals surface area contributed by atoms with Gasteiger partial charge in [0.15, 0.2) is 5.82 Å². The molecular formula is C15H20ClN3O. The van der Waals surface area contributed by atoms with E-state index in [2.05, 4.69) is 9.97 Å². The third-order valence-corrected chi connectivity index (χ3v) is 3.06. The lowest BCUT2D eigenvalue weighted by Gasteiger charge is -2.10. The number of rotatable bonds is 4. The molecule has 108 valence electrons. The van der Waals surface area contributed by atoms with Gasteiger partial charge in [-0.2, -0.15) is 0 Å². The van der Waals surface area contributed by atoms with Crippen molar-refractivity contribution < 1.29 is 4.74 Å². The summed E-state index contributed by atoms with van der Waals surface area (Å²) in [6.07, 6.45) is 0. The Balaban J connectivity index is 0.00000200. The Morgan fingerprint density at radius 3 is 2.05 bits per heavy atom. The van der Waals surface area contributed by atoms with Gasteiger partial charge >= 0.3 is 0 Å². The average Bonchev–Trinajstić information content (AvgIpc) is 2.38. The van der Waals surface area contributed by atoms with Crippen LogP contribution in [0.1, 0.15) is 28.3 Å². The van der Waals surface area contributed by atoms with Crippen molar-refractivity contribution in [3.8, 4) is 5.75 Å². The Labute approximate surface area is 125 Å².